The van der Waals surface area contributed by atoms with Gasteiger partial charge in [0.25, 0.3) is 0 Å². The summed E-state index contributed by atoms with van der Waals surface area (Å²) >= 11 is 7.47. The number of thioether (sulfide) groups is 1. The van der Waals surface area contributed by atoms with Crippen LogP contribution in [-0.4, -0.2) is 27.7 Å². The van der Waals surface area contributed by atoms with Crippen molar-refractivity contribution in [2.75, 3.05) is 0 Å². The molecule has 2 N–H and O–H groups in total. The Morgan fingerprint density at radius 3 is 2.65 bits per heavy atom. The summed E-state index contributed by atoms with van der Waals surface area (Å²) in [7, 11) is -0.0858. The molecule has 0 radical (unpaired) electrons. The van der Waals surface area contributed by atoms with Gasteiger partial charge in [0.2, 0.25) is 10.0 Å². The van der Waals surface area contributed by atoms with Crippen molar-refractivity contribution >= 4 is 44.4 Å². The van der Waals surface area contributed by atoms with Crippen molar-refractivity contribution in [2.45, 2.75) is 15.8 Å². The van der Waals surface area contributed by atoms with Crippen LogP contribution >= 0.6 is 23.4 Å². The zero-order chi connectivity index (χ0) is 16.8. The van der Waals surface area contributed by atoms with E-state index in [2.05, 4.69) is 10.1 Å². The monoisotopic (exact) mass is 371 g/mol. The summed E-state index contributed by atoms with van der Waals surface area (Å²) in [6.45, 7) is 0. The summed E-state index contributed by atoms with van der Waals surface area (Å²) in [6, 6.07) is 6.46. The molecule has 0 unspecified atom stereocenters. The molecule has 0 fully saturated rings. The van der Waals surface area contributed by atoms with Gasteiger partial charge in [0.1, 0.15) is 5.15 Å². The van der Waals surface area contributed by atoms with E-state index < -0.39 is 10.0 Å². The summed E-state index contributed by atoms with van der Waals surface area (Å²) in [5, 5.41) is 10.8. The normalized spacial score (nSPS) is 12.2. The molecule has 3 rings (SSSR count). The second-order valence-electron chi connectivity index (χ2n) is 5.02. The first-order chi connectivity index (χ1) is 10.8. The molecule has 0 amide bonds. The first-order valence-corrected chi connectivity index (χ1v) is 9.47. The van der Waals surface area contributed by atoms with Crippen LogP contribution in [0, 0.1) is 0 Å². The van der Waals surface area contributed by atoms with E-state index in [0.29, 0.717) is 16.4 Å². The van der Waals surface area contributed by atoms with Gasteiger partial charge in [0.05, 0.1) is 21.6 Å². The smallest absolute Gasteiger partial charge is 0.238 e. The van der Waals surface area contributed by atoms with Gasteiger partial charge < -0.3 is 4.57 Å². The number of rotatable bonds is 4. The van der Waals surface area contributed by atoms with Crippen LogP contribution in [0.15, 0.2) is 34.3 Å². The Hall–Kier alpha value is -1.55. The van der Waals surface area contributed by atoms with Gasteiger partial charge in [0.15, 0.2) is 5.16 Å². The van der Waals surface area contributed by atoms with Crippen LogP contribution in [0.5, 0.6) is 0 Å². The lowest BCUT2D eigenvalue weighted by atomic mass is 10.3. The number of nitrogens with two attached hydrogens (primary N) is 1. The lowest BCUT2D eigenvalue weighted by Crippen LogP contribution is -2.11. The summed E-state index contributed by atoms with van der Waals surface area (Å²) in [6.07, 6.45) is 0. The largest absolute Gasteiger partial charge is 0.322 e. The van der Waals surface area contributed by atoms with Crippen LogP contribution in [-0.2, 0) is 29.9 Å². The third kappa shape index (κ3) is 3.23. The number of hydrogen-bond donors (Lipinski definition) is 1. The fraction of sp³-hybridized carbons (Fsp3) is 0.231. The summed E-state index contributed by atoms with van der Waals surface area (Å²) in [4.78, 5) is 4.52. The van der Waals surface area contributed by atoms with E-state index in [9.17, 15) is 8.42 Å². The Balaban J connectivity index is 1.90. The van der Waals surface area contributed by atoms with Gasteiger partial charge in [-0.3, -0.25) is 4.68 Å². The van der Waals surface area contributed by atoms with Crippen molar-refractivity contribution in [3.05, 3.63) is 35.1 Å². The van der Waals surface area contributed by atoms with Gasteiger partial charge in [-0.2, -0.15) is 5.10 Å². The Kier molecular flexibility index (Phi) is 4.13. The maximum atomic E-state index is 11.4. The van der Waals surface area contributed by atoms with Gasteiger partial charge in [-0.05, 0) is 24.3 Å². The molecule has 0 bridgehead atoms. The Labute approximate surface area is 142 Å². The lowest BCUT2D eigenvalue weighted by molar-refractivity contribution is 0.598. The zero-order valence-corrected chi connectivity index (χ0v) is 14.8. The highest BCUT2D eigenvalue weighted by molar-refractivity contribution is 7.98. The van der Waals surface area contributed by atoms with Crippen molar-refractivity contribution in [2.24, 2.45) is 19.2 Å². The van der Waals surface area contributed by atoms with E-state index in [4.69, 9.17) is 16.7 Å². The molecule has 2 aromatic heterocycles. The van der Waals surface area contributed by atoms with E-state index >= 15 is 0 Å². The quantitative estimate of drug-likeness (QED) is 0.706. The van der Waals surface area contributed by atoms with Gasteiger partial charge >= 0.3 is 0 Å². The molecule has 0 spiro atoms. The fourth-order valence-corrected chi connectivity index (χ4v) is 3.74. The van der Waals surface area contributed by atoms with Crippen LogP contribution in [0.4, 0.5) is 0 Å². The van der Waals surface area contributed by atoms with Crippen LogP contribution < -0.4 is 5.14 Å². The van der Waals surface area contributed by atoms with Crippen LogP contribution in [0.25, 0.3) is 11.0 Å². The lowest BCUT2D eigenvalue weighted by Gasteiger charge is -2.01. The van der Waals surface area contributed by atoms with E-state index in [1.807, 2.05) is 11.6 Å². The predicted molar refractivity (Wildman–Crippen MR) is 89.9 cm³/mol. The number of aryl methyl sites for hydroxylation is 2. The van der Waals surface area contributed by atoms with Gasteiger partial charge in [0, 0.05) is 19.8 Å². The molecule has 10 heteroatoms. The molecule has 23 heavy (non-hydrogen) atoms. The first kappa shape index (κ1) is 16.3. The highest BCUT2D eigenvalue weighted by Gasteiger charge is 2.14. The molecular weight excluding hydrogens is 358 g/mol. The molecule has 0 saturated carbocycles. The molecule has 0 saturated heterocycles. The minimum absolute atomic E-state index is 0.0520. The van der Waals surface area contributed by atoms with Gasteiger partial charge in [-0.1, -0.05) is 23.4 Å². The number of imidazole rings is 1. The molecule has 122 valence electrons. The van der Waals surface area contributed by atoms with Crippen molar-refractivity contribution in [3.63, 3.8) is 0 Å². The number of primary sulfonamides is 1. The third-order valence-corrected chi connectivity index (χ3v) is 5.69. The van der Waals surface area contributed by atoms with Crippen LogP contribution in [0.3, 0.4) is 0 Å². The number of nitrogens with zero attached hydrogens (tertiary/aromatic N) is 4. The second kappa shape index (κ2) is 5.82. The van der Waals surface area contributed by atoms with Crippen molar-refractivity contribution in [1.29, 1.82) is 0 Å². The minimum Gasteiger partial charge on any atom is -0.322 e. The highest BCUT2D eigenvalue weighted by Crippen LogP contribution is 2.27. The molecule has 7 nitrogen and oxygen atoms in total. The predicted octanol–water partition coefficient (Wildman–Crippen LogP) is 1.90. The first-order valence-electron chi connectivity index (χ1n) is 6.56. The topological polar surface area (TPSA) is 95.8 Å². The van der Waals surface area contributed by atoms with Crippen molar-refractivity contribution < 1.29 is 8.42 Å². The van der Waals surface area contributed by atoms with Crippen LogP contribution in [0.1, 0.15) is 5.69 Å². The van der Waals surface area contributed by atoms with E-state index in [1.165, 1.54) is 23.9 Å². The number of halogens is 1. The Morgan fingerprint density at radius 2 is 2.04 bits per heavy atom. The molecule has 0 atom stereocenters. The molecular formula is C13H14ClN5O2S2. The SMILES string of the molecule is Cn1nc(CSc2nc3cc(S(N)(=O)=O)ccc3n2C)cc1Cl. The van der Waals surface area contributed by atoms with E-state index in [1.54, 1.807) is 23.9 Å². The molecule has 0 aliphatic heterocycles. The fourth-order valence-electron chi connectivity index (χ4n) is 2.17. The molecule has 2 heterocycles. The van der Waals surface area contributed by atoms with Gasteiger partial charge in [-0.25, -0.2) is 18.5 Å². The van der Waals surface area contributed by atoms with Crippen molar-refractivity contribution in [1.82, 2.24) is 19.3 Å². The molecule has 1 aromatic carbocycles. The molecule has 0 aliphatic rings. The third-order valence-electron chi connectivity index (χ3n) is 3.36. The molecule has 3 aromatic rings. The van der Waals surface area contributed by atoms with Crippen LogP contribution in [0.2, 0.25) is 5.15 Å². The standard InChI is InChI=1S/C13H14ClN5O2S2/c1-18-11-4-3-9(23(15,20)21)6-10(11)16-13(18)22-7-8-5-12(14)19(2)17-8/h3-6H,7H2,1-2H3,(H2,15,20,21). The number of benzene rings is 1. The summed E-state index contributed by atoms with van der Waals surface area (Å²) < 4.78 is 26.4. The molecule has 0 aliphatic carbocycles. The number of fused-ring (bicyclic) bond motifs is 1. The number of aromatic nitrogens is 4. The Bertz CT molecular complexity index is 974. The van der Waals surface area contributed by atoms with E-state index in [0.717, 1.165) is 16.4 Å². The van der Waals surface area contributed by atoms with Gasteiger partial charge in [-0.15, -0.1) is 0 Å². The minimum atomic E-state index is -3.74. The zero-order valence-electron chi connectivity index (χ0n) is 12.4. The number of sulfonamides is 1. The Morgan fingerprint density at radius 1 is 1.30 bits per heavy atom. The highest BCUT2D eigenvalue weighted by atomic mass is 35.5. The number of hydrogen-bond acceptors (Lipinski definition) is 5. The summed E-state index contributed by atoms with van der Waals surface area (Å²) in [5.74, 6) is 0.611. The maximum absolute atomic E-state index is 11.4. The van der Waals surface area contributed by atoms with Crippen molar-refractivity contribution in [3.8, 4) is 0 Å². The summed E-state index contributed by atoms with van der Waals surface area (Å²) in [5.41, 5.74) is 2.26. The second-order valence-corrected chi connectivity index (χ2v) is 7.91. The maximum Gasteiger partial charge on any atom is 0.238 e. The average Bonchev–Trinajstić information content (AvgIpc) is 2.96. The average molecular weight is 372 g/mol. The van der Waals surface area contributed by atoms with E-state index in [-0.39, 0.29) is 4.90 Å².